The number of nitrogens with one attached hydrogen (secondary N) is 2. The number of hydrogen-bond acceptors (Lipinski definition) is 9. The van der Waals surface area contributed by atoms with E-state index in [9.17, 15) is 9.59 Å². The van der Waals surface area contributed by atoms with Gasteiger partial charge in [-0.25, -0.2) is 5.48 Å². The molecule has 0 bridgehead atoms. The topological polar surface area (TPSA) is 154 Å². The second-order valence-corrected chi connectivity index (χ2v) is 7.72. The fourth-order valence-electron chi connectivity index (χ4n) is 3.33. The van der Waals surface area contributed by atoms with E-state index in [1.807, 2.05) is 41.3 Å². The van der Waals surface area contributed by atoms with Crippen LogP contribution in [0.1, 0.15) is 11.1 Å². The van der Waals surface area contributed by atoms with Crippen molar-refractivity contribution in [3.05, 3.63) is 65.6 Å². The molecule has 1 aliphatic rings. The first-order chi connectivity index (χ1) is 17.4. The van der Waals surface area contributed by atoms with E-state index in [1.54, 1.807) is 26.6 Å². The van der Waals surface area contributed by atoms with Crippen LogP contribution in [0.25, 0.3) is 11.6 Å². The molecule has 1 aromatic heterocycles. The predicted molar refractivity (Wildman–Crippen MR) is 137 cm³/mol. The van der Waals surface area contributed by atoms with Gasteiger partial charge in [-0.2, -0.15) is 0 Å². The van der Waals surface area contributed by atoms with E-state index in [-0.39, 0.29) is 11.5 Å². The number of likely N-dealkylation sites (N-methyl/N-ethyl adjacent to an activating group) is 1. The normalized spacial score (nSPS) is 14.3. The van der Waals surface area contributed by atoms with Crippen molar-refractivity contribution >= 4 is 29.7 Å². The first kappa shape index (κ1) is 28.0. The Morgan fingerprint density at radius 1 is 1.14 bits per heavy atom. The van der Waals surface area contributed by atoms with Gasteiger partial charge in [0, 0.05) is 62.1 Å². The molecular weight excluding hydrogens is 464 g/mol. The van der Waals surface area contributed by atoms with Gasteiger partial charge < -0.3 is 30.4 Å². The average molecular weight is 497 g/mol. The number of benzene rings is 1. The van der Waals surface area contributed by atoms with Crippen molar-refractivity contribution in [2.45, 2.75) is 0 Å². The van der Waals surface area contributed by atoms with Crippen LogP contribution >= 0.6 is 0 Å². The van der Waals surface area contributed by atoms with Gasteiger partial charge in [0.25, 0.3) is 11.8 Å². The molecule has 0 spiro atoms. The van der Waals surface area contributed by atoms with Crippen LogP contribution in [0.3, 0.4) is 0 Å². The maximum atomic E-state index is 13.2. The van der Waals surface area contributed by atoms with E-state index in [0.29, 0.717) is 17.1 Å². The molecule has 2 aromatic rings. The molecule has 2 heterocycles. The number of amides is 2. The Bertz CT molecular complexity index is 1100. The van der Waals surface area contributed by atoms with Crippen molar-refractivity contribution in [3.8, 4) is 11.5 Å². The van der Waals surface area contributed by atoms with Gasteiger partial charge in [0.05, 0.1) is 19.8 Å². The molecule has 3 rings (SSSR count). The van der Waals surface area contributed by atoms with E-state index in [0.717, 1.165) is 49.7 Å². The molecular formula is C25H32N6O5. The monoisotopic (exact) mass is 496 g/mol. The largest absolute Gasteiger partial charge is 0.493 e. The lowest BCUT2D eigenvalue weighted by molar-refractivity contribution is -0.126. The predicted octanol–water partition coefficient (Wildman–Crippen LogP) is 1.40. The molecule has 0 saturated carbocycles. The smallest absolute Gasteiger partial charge is 0.277 e. The highest BCUT2D eigenvalue weighted by atomic mass is 16.5. The zero-order valence-electron chi connectivity index (χ0n) is 20.6. The number of carbonyl (C=O) groups excluding carboxylic acids is 2. The van der Waals surface area contributed by atoms with Crippen LogP contribution in [-0.2, 0) is 9.59 Å². The number of piperazine rings is 1. The minimum Gasteiger partial charge on any atom is -0.493 e. The Labute approximate surface area is 210 Å². The van der Waals surface area contributed by atoms with Gasteiger partial charge in [0.15, 0.2) is 11.5 Å². The molecule has 1 aliphatic heterocycles. The highest BCUT2D eigenvalue weighted by Crippen LogP contribution is 2.30. The third kappa shape index (κ3) is 7.65. The maximum Gasteiger partial charge on any atom is 0.277 e. The van der Waals surface area contributed by atoms with E-state index >= 15 is 0 Å². The van der Waals surface area contributed by atoms with Crippen LogP contribution in [0.5, 0.6) is 11.5 Å². The third-order valence-corrected chi connectivity index (χ3v) is 5.41. The first-order valence-electron chi connectivity index (χ1n) is 11.1. The molecule has 0 radical (unpaired) electrons. The number of hydrogen-bond donors (Lipinski definition) is 4. The Kier molecular flexibility index (Phi) is 11.1. The van der Waals surface area contributed by atoms with Gasteiger partial charge >= 0.3 is 0 Å². The summed E-state index contributed by atoms with van der Waals surface area (Å²) in [5.41, 5.74) is 8.41. The summed E-state index contributed by atoms with van der Waals surface area (Å²) in [4.78, 5) is 31.9. The fourth-order valence-corrected chi connectivity index (χ4v) is 3.33. The number of rotatable bonds is 7. The van der Waals surface area contributed by atoms with Gasteiger partial charge in [-0.05, 0) is 36.9 Å². The quantitative estimate of drug-likeness (QED) is 0.194. The van der Waals surface area contributed by atoms with E-state index in [2.05, 4.69) is 16.9 Å². The van der Waals surface area contributed by atoms with Gasteiger partial charge in [-0.1, -0.05) is 12.1 Å². The second kappa shape index (κ2) is 14.2. The minimum absolute atomic E-state index is 0.0193. The molecule has 0 aliphatic carbocycles. The molecule has 11 heteroatoms. The summed E-state index contributed by atoms with van der Waals surface area (Å²) in [7, 11) is 5.28. The maximum absolute atomic E-state index is 13.2. The summed E-state index contributed by atoms with van der Waals surface area (Å²) in [5.74, 6) is 0.519. The van der Waals surface area contributed by atoms with Crippen LogP contribution < -0.4 is 20.7 Å². The molecule has 1 aromatic carbocycles. The van der Waals surface area contributed by atoms with Crippen molar-refractivity contribution in [1.29, 1.82) is 5.41 Å². The number of pyridine rings is 1. The van der Waals surface area contributed by atoms with E-state index in [1.165, 1.54) is 5.48 Å². The fraction of sp³-hybridized carbons (Fsp3) is 0.280. The Morgan fingerprint density at radius 2 is 1.83 bits per heavy atom. The summed E-state index contributed by atoms with van der Waals surface area (Å²) in [6, 6.07) is 9.37. The van der Waals surface area contributed by atoms with Crippen LogP contribution in [0.4, 0.5) is 0 Å². The Hall–Kier alpha value is -4.22. The van der Waals surface area contributed by atoms with Gasteiger partial charge in [0.1, 0.15) is 0 Å². The van der Waals surface area contributed by atoms with Crippen LogP contribution in [0, 0.1) is 5.41 Å². The summed E-state index contributed by atoms with van der Waals surface area (Å²) in [6.07, 6.45) is 6.99. The van der Waals surface area contributed by atoms with Gasteiger partial charge in [-0.15, -0.1) is 0 Å². The zero-order valence-corrected chi connectivity index (χ0v) is 20.6. The van der Waals surface area contributed by atoms with Crippen LogP contribution in [0.2, 0.25) is 0 Å². The van der Waals surface area contributed by atoms with Gasteiger partial charge in [0.2, 0.25) is 0 Å². The third-order valence-electron chi connectivity index (χ3n) is 5.41. The molecule has 2 amide bonds. The number of hydroxylamine groups is 1. The number of nitrogens with two attached hydrogens (primary N) is 1. The molecule has 0 atom stereocenters. The Balaban J connectivity index is 0.000000434. The average Bonchev–Trinajstić information content (AvgIpc) is 2.93. The summed E-state index contributed by atoms with van der Waals surface area (Å²) in [5, 5.41) is 14.5. The number of methoxy groups -OCH3 is 2. The standard InChI is InChI=1S/C21H25N3O3.C4H7N3O2/c1-23-9-11-24(12-10-23)21(25)18(17-5-4-8-22-15-17)13-16-6-7-19(26-2)20(14-16)27-3;5-1-3(2-6)4(8)7-9/h4-8,13-15H,9-12H2,1-3H3;1-2,5,9H,6H2,(H,7,8)/b18-13+;3-2+,5-1?. The molecule has 0 unspecified atom stereocenters. The minimum atomic E-state index is -0.785. The van der Waals surface area contributed by atoms with Crippen molar-refractivity contribution in [3.63, 3.8) is 0 Å². The lowest BCUT2D eigenvalue weighted by Crippen LogP contribution is -2.47. The highest BCUT2D eigenvalue weighted by molar-refractivity contribution is 6.24. The molecule has 5 N–H and O–H groups in total. The second-order valence-electron chi connectivity index (χ2n) is 7.72. The number of carbonyl (C=O) groups is 2. The van der Waals surface area contributed by atoms with Crippen molar-refractivity contribution < 1.29 is 24.3 Å². The lowest BCUT2D eigenvalue weighted by atomic mass is 10.0. The summed E-state index contributed by atoms with van der Waals surface area (Å²) in [6.45, 7) is 3.20. The molecule has 11 nitrogen and oxygen atoms in total. The van der Waals surface area contributed by atoms with E-state index in [4.69, 9.17) is 25.8 Å². The zero-order chi connectivity index (χ0) is 26.5. The number of ether oxygens (including phenoxy) is 2. The van der Waals surface area contributed by atoms with Crippen LogP contribution in [-0.4, -0.2) is 85.5 Å². The molecule has 1 fully saturated rings. The SMILES string of the molecule is COc1ccc(/C=C(/C(=O)N2CCN(C)CC2)c2cccnc2)cc1OC.N=C/C(=C\N)C(=O)NO. The molecule has 36 heavy (non-hydrogen) atoms. The van der Waals surface area contributed by atoms with Gasteiger partial charge in [-0.3, -0.25) is 19.8 Å². The summed E-state index contributed by atoms with van der Waals surface area (Å²) < 4.78 is 10.7. The molecule has 192 valence electrons. The number of nitrogens with zero attached hydrogens (tertiary/aromatic N) is 3. The van der Waals surface area contributed by atoms with E-state index < -0.39 is 5.91 Å². The van der Waals surface area contributed by atoms with Crippen LogP contribution in [0.15, 0.2) is 54.5 Å². The van der Waals surface area contributed by atoms with Crippen molar-refractivity contribution in [1.82, 2.24) is 20.3 Å². The first-order valence-corrected chi connectivity index (χ1v) is 11.1. The Morgan fingerprint density at radius 3 is 2.33 bits per heavy atom. The highest BCUT2D eigenvalue weighted by Gasteiger charge is 2.23. The van der Waals surface area contributed by atoms with Crippen molar-refractivity contribution in [2.24, 2.45) is 5.73 Å². The van der Waals surface area contributed by atoms with Crippen molar-refractivity contribution in [2.75, 3.05) is 47.4 Å². The lowest BCUT2D eigenvalue weighted by Gasteiger charge is -2.33. The number of aromatic nitrogens is 1. The summed E-state index contributed by atoms with van der Waals surface area (Å²) >= 11 is 0. The molecule has 1 saturated heterocycles.